The maximum Gasteiger partial charge on any atom is 0.183 e. The molecule has 118 valence electrons. The molecule has 1 fully saturated rings. The molecule has 1 saturated carbocycles. The van der Waals surface area contributed by atoms with Gasteiger partial charge in [-0.3, -0.25) is 0 Å². The van der Waals surface area contributed by atoms with Gasteiger partial charge in [-0.15, -0.1) is 0 Å². The van der Waals surface area contributed by atoms with E-state index in [0.717, 1.165) is 12.0 Å². The minimum atomic E-state index is -3.54. The van der Waals surface area contributed by atoms with E-state index in [1.807, 2.05) is 24.3 Å². The molecule has 0 aliphatic heterocycles. The van der Waals surface area contributed by atoms with Gasteiger partial charge >= 0.3 is 0 Å². The van der Waals surface area contributed by atoms with E-state index < -0.39 is 21.0 Å². The van der Waals surface area contributed by atoms with Crippen molar-refractivity contribution in [3.05, 3.63) is 64.7 Å². The molecule has 5 heteroatoms. The summed E-state index contributed by atoms with van der Waals surface area (Å²) < 4.78 is 25.6. The second kappa shape index (κ2) is 5.99. The monoisotopic (exact) mass is 345 g/mol. The number of sulfone groups is 1. The maximum atomic E-state index is 12.8. The van der Waals surface area contributed by atoms with Crippen LogP contribution < -0.4 is 0 Å². The van der Waals surface area contributed by atoms with Crippen LogP contribution in [-0.4, -0.2) is 13.7 Å². The zero-order valence-electron chi connectivity index (χ0n) is 12.6. The summed E-state index contributed by atoms with van der Waals surface area (Å²) in [5, 5.41) is 9.14. The molecule has 0 amide bonds. The van der Waals surface area contributed by atoms with Crippen molar-refractivity contribution in [1.29, 1.82) is 5.26 Å². The molecule has 0 aromatic heterocycles. The van der Waals surface area contributed by atoms with Gasteiger partial charge in [0.05, 0.1) is 22.1 Å². The van der Waals surface area contributed by atoms with E-state index in [2.05, 4.69) is 13.0 Å². The molecule has 3 atom stereocenters. The molecule has 0 radical (unpaired) electrons. The molecule has 2 aromatic carbocycles. The Balaban J connectivity index is 1.92. The van der Waals surface area contributed by atoms with Gasteiger partial charge in [-0.05, 0) is 41.8 Å². The lowest BCUT2D eigenvalue weighted by molar-refractivity contribution is 0.593. The molecule has 2 aromatic rings. The number of rotatable bonds is 4. The number of aryl methyl sites for hydroxylation is 1. The summed E-state index contributed by atoms with van der Waals surface area (Å²) in [6.45, 7) is 2.07. The summed E-state index contributed by atoms with van der Waals surface area (Å²) in [4.78, 5) is 0.222. The summed E-state index contributed by atoms with van der Waals surface area (Å²) >= 11 is 5.82. The van der Waals surface area contributed by atoms with E-state index >= 15 is 0 Å². The second-order valence-corrected chi connectivity index (χ2v) is 8.28. The van der Waals surface area contributed by atoms with Gasteiger partial charge < -0.3 is 0 Å². The van der Waals surface area contributed by atoms with Gasteiger partial charge in [-0.25, -0.2) is 8.42 Å². The van der Waals surface area contributed by atoms with E-state index in [4.69, 9.17) is 11.6 Å². The summed E-state index contributed by atoms with van der Waals surface area (Å²) in [5.74, 6) is -0.755. The van der Waals surface area contributed by atoms with Crippen LogP contribution in [0.1, 0.15) is 24.0 Å². The first-order valence-corrected chi connectivity index (χ1v) is 9.39. The molecule has 0 heterocycles. The molecule has 23 heavy (non-hydrogen) atoms. The third-order valence-electron chi connectivity index (χ3n) is 4.38. The highest BCUT2D eigenvalue weighted by molar-refractivity contribution is 7.92. The van der Waals surface area contributed by atoms with Crippen molar-refractivity contribution in [2.45, 2.75) is 29.4 Å². The van der Waals surface area contributed by atoms with Crippen molar-refractivity contribution in [3.8, 4) is 6.07 Å². The van der Waals surface area contributed by atoms with Gasteiger partial charge in [-0.1, -0.05) is 42.8 Å². The topological polar surface area (TPSA) is 57.9 Å². The van der Waals surface area contributed by atoms with Crippen molar-refractivity contribution in [1.82, 2.24) is 0 Å². The Bertz CT molecular complexity index is 851. The Kier molecular flexibility index (Phi) is 4.18. The highest BCUT2D eigenvalue weighted by atomic mass is 35.5. The zero-order chi connectivity index (χ0) is 16.6. The van der Waals surface area contributed by atoms with Crippen LogP contribution in [0, 0.1) is 17.2 Å². The van der Waals surface area contributed by atoms with E-state index in [1.54, 1.807) is 12.1 Å². The normalized spacial score (nSPS) is 23.3. The largest absolute Gasteiger partial charge is 0.223 e. The zero-order valence-corrected chi connectivity index (χ0v) is 14.2. The molecule has 0 N–H and O–H groups in total. The highest BCUT2D eigenvalue weighted by Crippen LogP contribution is 2.53. The van der Waals surface area contributed by atoms with Crippen molar-refractivity contribution < 1.29 is 8.42 Å². The maximum absolute atomic E-state index is 12.8. The third-order valence-corrected chi connectivity index (χ3v) is 6.86. The average molecular weight is 346 g/mol. The molecular formula is C18H16ClNO2S. The second-order valence-electron chi connectivity index (χ2n) is 5.74. The fourth-order valence-electron chi connectivity index (χ4n) is 2.98. The number of nitriles is 1. The van der Waals surface area contributed by atoms with E-state index in [0.29, 0.717) is 5.02 Å². The number of nitrogens with zero attached hydrogens (tertiary/aromatic N) is 1. The first-order chi connectivity index (χ1) is 11.0. The standard InChI is InChI=1S/C18H16ClNO2S/c1-2-12-3-5-13(6-4-12)17-16(11-20)18(17)23(21,22)15-9-7-14(19)8-10-15/h3-10,16-18H,2H2,1H3/t16-,17-,18-/m1/s1. The van der Waals surface area contributed by atoms with Crippen molar-refractivity contribution in [3.63, 3.8) is 0 Å². The average Bonchev–Trinajstić information content (AvgIpc) is 3.31. The molecule has 0 bridgehead atoms. The summed E-state index contributed by atoms with van der Waals surface area (Å²) in [7, 11) is -3.54. The van der Waals surface area contributed by atoms with Crippen LogP contribution in [0.4, 0.5) is 0 Å². The lowest BCUT2D eigenvalue weighted by atomic mass is 10.1. The smallest absolute Gasteiger partial charge is 0.183 e. The highest BCUT2D eigenvalue weighted by Gasteiger charge is 2.59. The van der Waals surface area contributed by atoms with E-state index in [-0.39, 0.29) is 10.8 Å². The Labute approximate surface area is 141 Å². The van der Waals surface area contributed by atoms with Crippen LogP contribution in [0.15, 0.2) is 53.4 Å². The molecule has 0 spiro atoms. The number of benzene rings is 2. The van der Waals surface area contributed by atoms with E-state index in [9.17, 15) is 13.7 Å². The minimum absolute atomic E-state index is 0.222. The lowest BCUT2D eigenvalue weighted by Crippen LogP contribution is -2.10. The summed E-state index contributed by atoms with van der Waals surface area (Å²) in [6, 6.07) is 16.1. The number of halogens is 1. The fraction of sp³-hybridized carbons (Fsp3) is 0.278. The van der Waals surface area contributed by atoms with E-state index in [1.165, 1.54) is 17.7 Å². The van der Waals surface area contributed by atoms with Gasteiger partial charge in [0, 0.05) is 10.9 Å². The van der Waals surface area contributed by atoms with Gasteiger partial charge in [0.25, 0.3) is 0 Å². The number of hydrogen-bond donors (Lipinski definition) is 0. The van der Waals surface area contributed by atoms with Crippen LogP contribution in [0.3, 0.4) is 0 Å². The SMILES string of the molecule is CCc1ccc([C@@H]2[C@@H](C#N)[C@H]2S(=O)(=O)c2ccc(Cl)cc2)cc1. The molecule has 0 unspecified atom stereocenters. The lowest BCUT2D eigenvalue weighted by Gasteiger charge is -2.05. The Hall–Kier alpha value is -1.83. The Morgan fingerprint density at radius 2 is 1.70 bits per heavy atom. The third kappa shape index (κ3) is 2.87. The Morgan fingerprint density at radius 1 is 1.09 bits per heavy atom. The summed E-state index contributed by atoms with van der Waals surface area (Å²) in [5.41, 5.74) is 2.11. The van der Waals surface area contributed by atoms with Gasteiger partial charge in [0.15, 0.2) is 9.84 Å². The predicted molar refractivity (Wildman–Crippen MR) is 90.1 cm³/mol. The molecule has 0 saturated heterocycles. The number of hydrogen-bond acceptors (Lipinski definition) is 3. The molecular weight excluding hydrogens is 330 g/mol. The van der Waals surface area contributed by atoms with Crippen LogP contribution >= 0.6 is 11.6 Å². The van der Waals surface area contributed by atoms with Crippen molar-refractivity contribution in [2.24, 2.45) is 5.92 Å². The predicted octanol–water partition coefficient (Wildman–Crippen LogP) is 3.98. The van der Waals surface area contributed by atoms with Crippen LogP contribution in [-0.2, 0) is 16.3 Å². The Morgan fingerprint density at radius 3 is 2.22 bits per heavy atom. The quantitative estimate of drug-likeness (QED) is 0.842. The first kappa shape index (κ1) is 16.0. The van der Waals surface area contributed by atoms with Gasteiger partial charge in [0.1, 0.15) is 0 Å². The van der Waals surface area contributed by atoms with Crippen LogP contribution in [0.5, 0.6) is 0 Å². The first-order valence-electron chi connectivity index (χ1n) is 7.47. The fourth-order valence-corrected chi connectivity index (χ4v) is 5.17. The van der Waals surface area contributed by atoms with Crippen LogP contribution in [0.25, 0.3) is 0 Å². The molecule has 3 rings (SSSR count). The van der Waals surface area contributed by atoms with Gasteiger partial charge in [-0.2, -0.15) is 5.26 Å². The molecule has 3 nitrogen and oxygen atoms in total. The van der Waals surface area contributed by atoms with Crippen molar-refractivity contribution >= 4 is 21.4 Å². The summed E-state index contributed by atoms with van der Waals surface area (Å²) in [6.07, 6.45) is 0.930. The molecule has 1 aliphatic rings. The van der Waals surface area contributed by atoms with Crippen molar-refractivity contribution in [2.75, 3.05) is 0 Å². The van der Waals surface area contributed by atoms with Crippen LogP contribution in [0.2, 0.25) is 5.02 Å². The molecule has 1 aliphatic carbocycles. The van der Waals surface area contributed by atoms with Gasteiger partial charge in [0.2, 0.25) is 0 Å². The minimum Gasteiger partial charge on any atom is -0.223 e.